The SMILES string of the molecule is O[C@@H]1[C@H](F)[C@@H](Sc2ccccc2)O[C@@H]2CO[C@@H](c3ccccc3)O[C@@H]12. The second kappa shape index (κ2) is 7.43. The largest absolute Gasteiger partial charge is 0.387 e. The molecule has 0 radical (unpaired) electrons. The number of ether oxygens (including phenoxy) is 3. The van der Waals surface area contributed by atoms with E-state index in [1.807, 2.05) is 60.7 Å². The van der Waals surface area contributed by atoms with Gasteiger partial charge in [-0.2, -0.15) is 0 Å². The number of fused-ring (bicyclic) bond motifs is 1. The molecule has 1 N–H and O–H groups in total. The molecule has 0 unspecified atom stereocenters. The molecule has 25 heavy (non-hydrogen) atoms. The third-order valence-electron chi connectivity index (χ3n) is 4.36. The first-order valence-corrected chi connectivity index (χ1v) is 9.11. The fourth-order valence-corrected chi connectivity index (χ4v) is 4.14. The van der Waals surface area contributed by atoms with Crippen molar-refractivity contribution in [3.8, 4) is 0 Å². The van der Waals surface area contributed by atoms with E-state index in [9.17, 15) is 9.50 Å². The summed E-state index contributed by atoms with van der Waals surface area (Å²) < 4.78 is 32.1. The van der Waals surface area contributed by atoms with E-state index in [0.717, 1.165) is 10.5 Å². The Morgan fingerprint density at radius 2 is 1.64 bits per heavy atom. The number of benzene rings is 2. The number of hydrogen-bond acceptors (Lipinski definition) is 5. The Hall–Kier alpha value is -1.44. The smallest absolute Gasteiger partial charge is 0.184 e. The summed E-state index contributed by atoms with van der Waals surface area (Å²) in [5, 5.41) is 10.4. The molecule has 2 aliphatic heterocycles. The van der Waals surface area contributed by atoms with Crippen LogP contribution in [0.25, 0.3) is 0 Å². The van der Waals surface area contributed by atoms with Crippen molar-refractivity contribution < 1.29 is 23.7 Å². The highest BCUT2D eigenvalue weighted by Gasteiger charge is 2.49. The molecule has 4 rings (SSSR count). The summed E-state index contributed by atoms with van der Waals surface area (Å²) in [5.41, 5.74) is 0.0449. The maximum Gasteiger partial charge on any atom is 0.184 e. The van der Waals surface area contributed by atoms with Crippen molar-refractivity contribution in [1.29, 1.82) is 0 Å². The molecule has 2 aliphatic rings. The lowest BCUT2D eigenvalue weighted by molar-refractivity contribution is -0.312. The summed E-state index contributed by atoms with van der Waals surface area (Å²) in [7, 11) is 0. The predicted octanol–water partition coefficient (Wildman–Crippen LogP) is 3.32. The van der Waals surface area contributed by atoms with E-state index in [1.165, 1.54) is 11.8 Å². The topological polar surface area (TPSA) is 47.9 Å². The molecule has 2 heterocycles. The van der Waals surface area contributed by atoms with Gasteiger partial charge in [0.2, 0.25) is 0 Å². The van der Waals surface area contributed by atoms with Gasteiger partial charge >= 0.3 is 0 Å². The van der Waals surface area contributed by atoms with Crippen LogP contribution in [0.5, 0.6) is 0 Å². The van der Waals surface area contributed by atoms with Gasteiger partial charge in [0.15, 0.2) is 12.5 Å². The number of aliphatic hydroxyl groups is 1. The van der Waals surface area contributed by atoms with Gasteiger partial charge in [-0.25, -0.2) is 4.39 Å². The zero-order valence-electron chi connectivity index (χ0n) is 13.4. The van der Waals surface area contributed by atoms with Crippen LogP contribution in [0.4, 0.5) is 4.39 Å². The number of aliphatic hydroxyl groups excluding tert-OH is 1. The van der Waals surface area contributed by atoms with Crippen molar-refractivity contribution in [2.24, 2.45) is 0 Å². The van der Waals surface area contributed by atoms with E-state index in [-0.39, 0.29) is 6.61 Å². The summed E-state index contributed by atoms with van der Waals surface area (Å²) in [4.78, 5) is 0.889. The fourth-order valence-electron chi connectivity index (χ4n) is 3.06. The maximum absolute atomic E-state index is 14.7. The third kappa shape index (κ3) is 3.59. The molecule has 0 amide bonds. The Morgan fingerprint density at radius 1 is 0.960 bits per heavy atom. The summed E-state index contributed by atoms with van der Waals surface area (Å²) in [6, 6.07) is 18.9. The Kier molecular flexibility index (Phi) is 5.05. The minimum absolute atomic E-state index is 0.250. The van der Waals surface area contributed by atoms with Crippen molar-refractivity contribution in [3.05, 3.63) is 66.2 Å². The molecule has 0 bridgehead atoms. The van der Waals surface area contributed by atoms with Gasteiger partial charge in [0.05, 0.1) is 6.61 Å². The van der Waals surface area contributed by atoms with Crippen LogP contribution >= 0.6 is 11.8 Å². The number of thioether (sulfide) groups is 1. The Balaban J connectivity index is 1.46. The lowest BCUT2D eigenvalue weighted by Gasteiger charge is -2.45. The Bertz CT molecular complexity index is 684. The summed E-state index contributed by atoms with van der Waals surface area (Å²) in [6.45, 7) is 0.250. The van der Waals surface area contributed by atoms with Crippen molar-refractivity contribution >= 4 is 11.8 Å². The monoisotopic (exact) mass is 362 g/mol. The first-order valence-electron chi connectivity index (χ1n) is 8.24. The van der Waals surface area contributed by atoms with Gasteiger partial charge in [-0.15, -0.1) is 0 Å². The summed E-state index contributed by atoms with van der Waals surface area (Å²) in [5.74, 6) is 0. The van der Waals surface area contributed by atoms with Crippen molar-refractivity contribution in [1.82, 2.24) is 0 Å². The molecule has 0 aromatic heterocycles. The first kappa shape index (κ1) is 17.0. The van der Waals surface area contributed by atoms with Crippen LogP contribution in [0, 0.1) is 0 Å². The van der Waals surface area contributed by atoms with Crippen molar-refractivity contribution in [3.63, 3.8) is 0 Å². The Morgan fingerprint density at radius 3 is 2.36 bits per heavy atom. The number of rotatable bonds is 3. The van der Waals surface area contributed by atoms with Crippen LogP contribution < -0.4 is 0 Å². The lowest BCUT2D eigenvalue weighted by Crippen LogP contribution is -2.59. The minimum Gasteiger partial charge on any atom is -0.387 e. The summed E-state index contributed by atoms with van der Waals surface area (Å²) in [6.07, 6.45) is -4.66. The molecule has 132 valence electrons. The number of hydrogen-bond donors (Lipinski definition) is 1. The van der Waals surface area contributed by atoms with E-state index >= 15 is 0 Å². The highest BCUT2D eigenvalue weighted by molar-refractivity contribution is 7.99. The van der Waals surface area contributed by atoms with E-state index < -0.39 is 36.2 Å². The minimum atomic E-state index is -1.54. The van der Waals surface area contributed by atoms with E-state index in [0.29, 0.717) is 0 Å². The van der Waals surface area contributed by atoms with Crippen LogP contribution in [0.3, 0.4) is 0 Å². The number of halogens is 1. The van der Waals surface area contributed by atoms with Gasteiger partial charge in [0.25, 0.3) is 0 Å². The van der Waals surface area contributed by atoms with Crippen LogP contribution in [0.2, 0.25) is 0 Å². The van der Waals surface area contributed by atoms with Gasteiger partial charge in [-0.05, 0) is 12.1 Å². The molecule has 2 aromatic carbocycles. The van der Waals surface area contributed by atoms with Crippen LogP contribution in [0.1, 0.15) is 11.9 Å². The average molecular weight is 362 g/mol. The molecule has 0 saturated carbocycles. The zero-order valence-corrected chi connectivity index (χ0v) is 14.2. The highest BCUT2D eigenvalue weighted by Crippen LogP contribution is 2.39. The molecule has 2 fully saturated rings. The molecular weight excluding hydrogens is 343 g/mol. The van der Waals surface area contributed by atoms with Crippen molar-refractivity contribution in [2.45, 2.75) is 41.1 Å². The third-order valence-corrected chi connectivity index (χ3v) is 5.51. The molecule has 6 heteroatoms. The lowest BCUT2D eigenvalue weighted by atomic mass is 9.99. The van der Waals surface area contributed by atoms with Crippen molar-refractivity contribution in [2.75, 3.05) is 6.61 Å². The molecule has 6 atom stereocenters. The maximum atomic E-state index is 14.7. The van der Waals surface area contributed by atoms with Gasteiger partial charge in [-0.3, -0.25) is 0 Å². The summed E-state index contributed by atoms with van der Waals surface area (Å²) >= 11 is 1.26. The van der Waals surface area contributed by atoms with Gasteiger partial charge in [0, 0.05) is 10.5 Å². The standard InChI is InChI=1S/C19H19FO4S/c20-15-16(21)17-14(23-19(15)25-13-9-5-2-6-10-13)11-22-18(24-17)12-7-3-1-4-8-12/h1-10,14-19,21H,11H2/t14-,15+,16-,17-,18-,19-/m1/s1. The normalized spacial score (nSPS) is 35.1. The predicted molar refractivity (Wildman–Crippen MR) is 91.9 cm³/mol. The van der Waals surface area contributed by atoms with Crippen LogP contribution in [-0.4, -0.2) is 41.6 Å². The average Bonchev–Trinajstić information content (AvgIpc) is 2.67. The van der Waals surface area contributed by atoms with E-state index in [4.69, 9.17) is 14.2 Å². The molecule has 0 spiro atoms. The molecule has 2 saturated heterocycles. The van der Waals surface area contributed by atoms with Gasteiger partial charge in [-0.1, -0.05) is 60.3 Å². The van der Waals surface area contributed by atoms with Gasteiger partial charge in [0.1, 0.15) is 23.7 Å². The molecular formula is C19H19FO4S. The fraction of sp³-hybridized carbons (Fsp3) is 0.368. The zero-order chi connectivity index (χ0) is 17.2. The molecule has 4 nitrogen and oxygen atoms in total. The van der Waals surface area contributed by atoms with E-state index in [2.05, 4.69) is 0 Å². The first-order chi connectivity index (χ1) is 12.2. The quantitative estimate of drug-likeness (QED) is 0.908. The van der Waals surface area contributed by atoms with Gasteiger partial charge < -0.3 is 19.3 Å². The Labute approximate surface area is 149 Å². The highest BCUT2D eigenvalue weighted by atomic mass is 32.2. The molecule has 0 aliphatic carbocycles. The molecule has 2 aromatic rings. The van der Waals surface area contributed by atoms with E-state index in [1.54, 1.807) is 0 Å². The number of alkyl halides is 1. The second-order valence-corrected chi connectivity index (χ2v) is 7.26. The van der Waals surface area contributed by atoms with Crippen LogP contribution in [0.15, 0.2) is 65.6 Å². The van der Waals surface area contributed by atoms with Crippen LogP contribution in [-0.2, 0) is 14.2 Å². The second-order valence-electron chi connectivity index (χ2n) is 6.09.